The molecule has 1 atom stereocenters. The van der Waals surface area contributed by atoms with Crippen LogP contribution in [0.2, 0.25) is 0 Å². The molecular formula is C20H32N2O9. The molecular weight excluding hydrogens is 412 g/mol. The van der Waals surface area contributed by atoms with Gasteiger partial charge in [-0.2, -0.15) is 0 Å². The first-order valence-corrected chi connectivity index (χ1v) is 10.3. The number of hydroxylamine groups is 2. The van der Waals surface area contributed by atoms with Gasteiger partial charge >= 0.3 is 11.9 Å². The second-order valence-electron chi connectivity index (χ2n) is 7.80. The van der Waals surface area contributed by atoms with Crippen molar-refractivity contribution in [1.82, 2.24) is 10.4 Å². The third-order valence-electron chi connectivity index (χ3n) is 3.91. The van der Waals surface area contributed by atoms with Crippen molar-refractivity contribution >= 4 is 29.7 Å². The molecule has 0 bridgehead atoms. The van der Waals surface area contributed by atoms with Crippen LogP contribution < -0.4 is 5.32 Å². The lowest BCUT2D eigenvalue weighted by Crippen LogP contribution is -2.45. The molecule has 0 spiro atoms. The largest absolute Gasteiger partial charge is 0.458 e. The number of rotatable bonds is 13. The minimum Gasteiger partial charge on any atom is -0.458 e. The van der Waals surface area contributed by atoms with Gasteiger partial charge in [-0.1, -0.05) is 0 Å². The lowest BCUT2D eigenvalue weighted by Gasteiger charge is -2.24. The molecule has 1 heterocycles. The van der Waals surface area contributed by atoms with Crippen molar-refractivity contribution in [3.05, 3.63) is 0 Å². The van der Waals surface area contributed by atoms with Crippen molar-refractivity contribution in [2.75, 3.05) is 26.4 Å². The zero-order chi connectivity index (χ0) is 23.4. The third-order valence-corrected chi connectivity index (χ3v) is 3.91. The van der Waals surface area contributed by atoms with Crippen LogP contribution in [0, 0.1) is 0 Å². The van der Waals surface area contributed by atoms with Gasteiger partial charge in [0.25, 0.3) is 11.8 Å². The topological polar surface area (TPSA) is 138 Å². The average Bonchev–Trinajstić information content (AvgIpc) is 2.98. The Morgan fingerprint density at radius 1 is 1.00 bits per heavy atom. The molecule has 1 rings (SSSR count). The van der Waals surface area contributed by atoms with Gasteiger partial charge < -0.3 is 24.4 Å². The molecule has 1 unspecified atom stereocenters. The molecule has 11 heteroatoms. The minimum atomic E-state index is -1.10. The normalized spacial score (nSPS) is 15.0. The summed E-state index contributed by atoms with van der Waals surface area (Å²) in [5.74, 6) is -3.23. The van der Waals surface area contributed by atoms with E-state index in [4.69, 9.17) is 19.0 Å². The maximum atomic E-state index is 12.4. The van der Waals surface area contributed by atoms with Gasteiger partial charge in [-0.3, -0.25) is 14.4 Å². The van der Waals surface area contributed by atoms with E-state index in [1.165, 1.54) is 0 Å². The Bertz CT molecular complexity index is 642. The number of hydrogen-bond acceptors (Lipinski definition) is 9. The van der Waals surface area contributed by atoms with Crippen LogP contribution in [0.25, 0.3) is 0 Å². The predicted octanol–water partition coefficient (Wildman–Crippen LogP) is 0.644. The molecule has 1 saturated heterocycles. The van der Waals surface area contributed by atoms with Gasteiger partial charge in [-0.15, -0.1) is 5.06 Å². The molecule has 1 aliphatic heterocycles. The Labute approximate surface area is 181 Å². The van der Waals surface area contributed by atoms with Gasteiger partial charge in [-0.25, -0.2) is 9.59 Å². The lowest BCUT2D eigenvalue weighted by molar-refractivity contribution is -0.197. The van der Waals surface area contributed by atoms with Crippen LogP contribution in [0.4, 0.5) is 0 Å². The first-order valence-electron chi connectivity index (χ1n) is 10.3. The molecule has 0 aromatic heterocycles. The first-order chi connectivity index (χ1) is 14.5. The maximum absolute atomic E-state index is 12.4. The smallest absolute Gasteiger partial charge is 0.333 e. The van der Waals surface area contributed by atoms with Crippen molar-refractivity contribution < 1.29 is 43.0 Å². The fourth-order valence-corrected chi connectivity index (χ4v) is 2.48. The molecule has 176 valence electrons. The Hall–Kier alpha value is -2.53. The highest BCUT2D eigenvalue weighted by atomic mass is 16.7. The summed E-state index contributed by atoms with van der Waals surface area (Å²) in [6, 6.07) is -1.10. The second kappa shape index (κ2) is 13.0. The zero-order valence-electron chi connectivity index (χ0n) is 18.6. The monoisotopic (exact) mass is 444 g/mol. The molecule has 11 nitrogen and oxygen atoms in total. The van der Waals surface area contributed by atoms with E-state index in [1.807, 2.05) is 6.92 Å². The molecule has 0 aromatic carbocycles. The summed E-state index contributed by atoms with van der Waals surface area (Å²) in [4.78, 5) is 64.5. The molecule has 0 aromatic rings. The van der Waals surface area contributed by atoms with Crippen LogP contribution in [0.15, 0.2) is 0 Å². The third kappa shape index (κ3) is 10.9. The lowest BCUT2D eigenvalue weighted by atomic mass is 10.1. The summed E-state index contributed by atoms with van der Waals surface area (Å²) in [5.41, 5.74) is -0.794. The average molecular weight is 444 g/mol. The minimum absolute atomic E-state index is 0.00660. The van der Waals surface area contributed by atoms with Crippen LogP contribution in [0.3, 0.4) is 0 Å². The number of carbonyl (C=O) groups is 5. The van der Waals surface area contributed by atoms with E-state index in [0.717, 1.165) is 0 Å². The molecule has 1 N–H and O–H groups in total. The van der Waals surface area contributed by atoms with Gasteiger partial charge in [0.1, 0.15) is 11.6 Å². The number of imide groups is 1. The van der Waals surface area contributed by atoms with E-state index in [-0.39, 0.29) is 38.7 Å². The van der Waals surface area contributed by atoms with Gasteiger partial charge in [0.05, 0.1) is 26.2 Å². The summed E-state index contributed by atoms with van der Waals surface area (Å²) in [5, 5.41) is 2.96. The maximum Gasteiger partial charge on any atom is 0.333 e. The Morgan fingerprint density at radius 3 is 2.19 bits per heavy atom. The Kier molecular flexibility index (Phi) is 11.1. The van der Waals surface area contributed by atoms with Crippen LogP contribution in [-0.4, -0.2) is 72.8 Å². The zero-order valence-corrected chi connectivity index (χ0v) is 18.6. The number of nitrogens with zero attached hydrogens (tertiary/aromatic N) is 1. The summed E-state index contributed by atoms with van der Waals surface area (Å²) in [6.07, 6.45) is -0.468. The van der Waals surface area contributed by atoms with E-state index in [2.05, 4.69) is 5.32 Å². The van der Waals surface area contributed by atoms with Crippen molar-refractivity contribution in [2.24, 2.45) is 0 Å². The van der Waals surface area contributed by atoms with Crippen LogP contribution in [0.5, 0.6) is 0 Å². The fraction of sp³-hybridized carbons (Fsp3) is 0.750. The van der Waals surface area contributed by atoms with Gasteiger partial charge in [-0.05, 0) is 34.1 Å². The second-order valence-corrected chi connectivity index (χ2v) is 7.80. The summed E-state index contributed by atoms with van der Waals surface area (Å²) in [6.45, 7) is 8.36. The van der Waals surface area contributed by atoms with Gasteiger partial charge in [0.15, 0.2) is 0 Å². The molecule has 0 radical (unpaired) electrons. The number of hydrogen-bond donors (Lipinski definition) is 1. The highest BCUT2D eigenvalue weighted by Crippen LogP contribution is 2.15. The molecule has 3 amide bonds. The fourth-order valence-electron chi connectivity index (χ4n) is 2.48. The number of carbonyl (C=O) groups excluding carboxylic acids is 5. The Balaban J connectivity index is 2.56. The van der Waals surface area contributed by atoms with Crippen molar-refractivity contribution in [3.63, 3.8) is 0 Å². The number of ether oxygens (including phenoxy) is 3. The standard InChI is InChI=1S/C20H32N2O9/c1-5-28-12-13-29-11-10-15(23)21-14(19(27)30-20(2,3)4)6-9-18(26)31-22-16(24)7-8-17(22)25/h14H,5-13H2,1-4H3,(H,21,23). The number of nitrogens with one attached hydrogen (secondary N) is 1. The molecule has 31 heavy (non-hydrogen) atoms. The molecule has 1 aliphatic rings. The molecule has 0 saturated carbocycles. The first kappa shape index (κ1) is 26.5. The van der Waals surface area contributed by atoms with Crippen LogP contribution in [0.1, 0.15) is 59.8 Å². The van der Waals surface area contributed by atoms with E-state index in [9.17, 15) is 24.0 Å². The van der Waals surface area contributed by atoms with Crippen LogP contribution in [-0.2, 0) is 43.0 Å². The predicted molar refractivity (Wildman–Crippen MR) is 106 cm³/mol. The van der Waals surface area contributed by atoms with E-state index < -0.39 is 41.3 Å². The van der Waals surface area contributed by atoms with E-state index in [1.54, 1.807) is 20.8 Å². The summed E-state index contributed by atoms with van der Waals surface area (Å²) >= 11 is 0. The SMILES string of the molecule is CCOCCOCCC(=O)NC(CCC(=O)ON1C(=O)CCC1=O)C(=O)OC(C)(C)C. The quantitative estimate of drug-likeness (QED) is 0.246. The van der Waals surface area contributed by atoms with Crippen molar-refractivity contribution in [1.29, 1.82) is 0 Å². The number of esters is 1. The van der Waals surface area contributed by atoms with Crippen molar-refractivity contribution in [2.45, 2.75) is 71.4 Å². The number of amides is 3. The highest BCUT2D eigenvalue weighted by molar-refractivity contribution is 6.01. The van der Waals surface area contributed by atoms with E-state index in [0.29, 0.717) is 24.9 Å². The Morgan fingerprint density at radius 2 is 1.61 bits per heavy atom. The van der Waals surface area contributed by atoms with Crippen LogP contribution >= 0.6 is 0 Å². The molecule has 0 aliphatic carbocycles. The highest BCUT2D eigenvalue weighted by Gasteiger charge is 2.33. The van der Waals surface area contributed by atoms with Crippen molar-refractivity contribution in [3.8, 4) is 0 Å². The van der Waals surface area contributed by atoms with E-state index >= 15 is 0 Å². The molecule has 1 fully saturated rings. The van der Waals surface area contributed by atoms with Gasteiger partial charge in [0, 0.05) is 25.9 Å². The van der Waals surface area contributed by atoms with Gasteiger partial charge in [0.2, 0.25) is 5.91 Å². The summed E-state index contributed by atoms with van der Waals surface area (Å²) in [7, 11) is 0. The summed E-state index contributed by atoms with van der Waals surface area (Å²) < 4.78 is 15.7.